The molecular formula is C17H9N3O4S. The zero-order valence-electron chi connectivity index (χ0n) is 12.8. The summed E-state index contributed by atoms with van der Waals surface area (Å²) in [7, 11) is 0. The first-order chi connectivity index (χ1) is 12.2. The van der Waals surface area contributed by atoms with Gasteiger partial charge in [0.2, 0.25) is 0 Å². The smallest absolute Gasteiger partial charge is 0.357 e. The van der Waals surface area contributed by atoms with E-state index in [-0.39, 0.29) is 0 Å². The lowest BCUT2D eigenvalue weighted by Crippen LogP contribution is -2.00. The Balaban J connectivity index is 2.02. The monoisotopic (exact) mass is 351 g/mol. The molecule has 0 N–H and O–H groups in total. The van der Waals surface area contributed by atoms with Crippen molar-refractivity contribution >= 4 is 31.8 Å². The molecule has 0 saturated heterocycles. The van der Waals surface area contributed by atoms with Gasteiger partial charge in [0.1, 0.15) is 26.5 Å². The minimum absolute atomic E-state index is 0.291. The van der Waals surface area contributed by atoms with E-state index in [1.165, 1.54) is 11.3 Å². The first-order valence-corrected chi connectivity index (χ1v) is 8.22. The Kier molecular flexibility index (Phi) is 2.89. The molecule has 0 aliphatic heterocycles. The quantitative estimate of drug-likeness (QED) is 0.474. The van der Waals surface area contributed by atoms with Crippen molar-refractivity contribution in [1.29, 1.82) is 0 Å². The van der Waals surface area contributed by atoms with E-state index in [0.29, 0.717) is 49.1 Å². The summed E-state index contributed by atoms with van der Waals surface area (Å²) in [4.78, 5) is 17.2. The third-order valence-electron chi connectivity index (χ3n) is 3.81. The Morgan fingerprint density at radius 3 is 2.52 bits per heavy atom. The van der Waals surface area contributed by atoms with Crippen molar-refractivity contribution in [2.45, 2.75) is 6.92 Å². The van der Waals surface area contributed by atoms with Crippen LogP contribution in [0.15, 0.2) is 54.8 Å². The van der Waals surface area contributed by atoms with Crippen molar-refractivity contribution in [3.63, 3.8) is 0 Å². The Morgan fingerprint density at radius 2 is 1.80 bits per heavy atom. The molecule has 0 aliphatic rings. The van der Waals surface area contributed by atoms with Gasteiger partial charge >= 0.3 is 5.63 Å². The van der Waals surface area contributed by atoms with E-state index in [4.69, 9.17) is 13.3 Å². The number of furan rings is 2. The summed E-state index contributed by atoms with van der Waals surface area (Å²) in [6.45, 7) is 1.64. The van der Waals surface area contributed by atoms with Crippen LogP contribution in [0.5, 0.6) is 0 Å². The molecule has 5 heterocycles. The van der Waals surface area contributed by atoms with E-state index in [2.05, 4.69) is 15.2 Å². The predicted molar refractivity (Wildman–Crippen MR) is 91.4 cm³/mol. The maximum absolute atomic E-state index is 12.2. The molecule has 5 rings (SSSR count). The average molecular weight is 351 g/mol. The second-order valence-electron chi connectivity index (χ2n) is 5.36. The molecule has 5 aromatic heterocycles. The number of nitrogens with zero attached hydrogens (tertiary/aromatic N) is 3. The Labute approximate surface area is 143 Å². The lowest BCUT2D eigenvalue weighted by molar-refractivity contribution is 0.468. The molecule has 0 atom stereocenters. The topological polar surface area (TPSA) is 95.2 Å². The SMILES string of the molecule is Cc1nc2c(sc3nnc(-c4ccco4)c(-c4ccco4)c32)c(=O)o1. The largest absolute Gasteiger partial charge is 0.464 e. The van der Waals surface area contributed by atoms with Crippen LogP contribution in [0.3, 0.4) is 0 Å². The van der Waals surface area contributed by atoms with Gasteiger partial charge in [0.15, 0.2) is 11.7 Å². The van der Waals surface area contributed by atoms with E-state index >= 15 is 0 Å². The number of rotatable bonds is 2. The molecule has 0 amide bonds. The maximum Gasteiger partial charge on any atom is 0.357 e. The fourth-order valence-electron chi connectivity index (χ4n) is 2.82. The molecule has 0 fully saturated rings. The normalized spacial score (nSPS) is 11.6. The standard InChI is InChI=1S/C17H9N3O4S/c1-8-18-14-12-11(9-4-2-6-22-9)13(10-5-3-7-23-10)19-20-16(12)25-15(14)17(21)24-8/h2-7H,1H3. The Morgan fingerprint density at radius 1 is 1.04 bits per heavy atom. The zero-order chi connectivity index (χ0) is 17.0. The third-order valence-corrected chi connectivity index (χ3v) is 4.85. The van der Waals surface area contributed by atoms with Gasteiger partial charge in [-0.1, -0.05) is 0 Å². The van der Waals surface area contributed by atoms with Crippen molar-refractivity contribution in [1.82, 2.24) is 15.2 Å². The van der Waals surface area contributed by atoms with Crippen LogP contribution < -0.4 is 5.63 Å². The van der Waals surface area contributed by atoms with Gasteiger partial charge in [0.25, 0.3) is 0 Å². The fourth-order valence-corrected chi connectivity index (χ4v) is 3.77. The average Bonchev–Trinajstić information content (AvgIpc) is 3.34. The predicted octanol–water partition coefficient (Wildman–Crippen LogP) is 4.02. The van der Waals surface area contributed by atoms with Gasteiger partial charge < -0.3 is 13.3 Å². The number of hydrogen-bond donors (Lipinski definition) is 0. The molecule has 122 valence electrons. The number of thiophene rings is 1. The van der Waals surface area contributed by atoms with E-state index in [1.54, 1.807) is 37.6 Å². The van der Waals surface area contributed by atoms with E-state index in [9.17, 15) is 4.79 Å². The second-order valence-corrected chi connectivity index (χ2v) is 6.36. The number of aryl methyl sites for hydroxylation is 1. The molecule has 0 bridgehead atoms. The van der Waals surface area contributed by atoms with Crippen LogP contribution in [0.2, 0.25) is 0 Å². The van der Waals surface area contributed by atoms with Crippen LogP contribution in [0.1, 0.15) is 5.89 Å². The molecule has 0 spiro atoms. The van der Waals surface area contributed by atoms with Crippen LogP contribution >= 0.6 is 11.3 Å². The minimum Gasteiger partial charge on any atom is -0.464 e. The third kappa shape index (κ3) is 2.04. The molecule has 0 aromatic carbocycles. The highest BCUT2D eigenvalue weighted by Crippen LogP contribution is 2.41. The van der Waals surface area contributed by atoms with E-state index in [0.717, 1.165) is 0 Å². The van der Waals surface area contributed by atoms with Crippen LogP contribution in [-0.4, -0.2) is 15.2 Å². The fraction of sp³-hybridized carbons (Fsp3) is 0.0588. The second kappa shape index (κ2) is 5.12. The highest BCUT2D eigenvalue weighted by atomic mass is 32.1. The summed E-state index contributed by atoms with van der Waals surface area (Å²) < 4.78 is 16.6. The molecule has 25 heavy (non-hydrogen) atoms. The minimum atomic E-state index is -0.435. The first-order valence-electron chi connectivity index (χ1n) is 7.41. The number of fused-ring (bicyclic) bond motifs is 3. The molecule has 7 nitrogen and oxygen atoms in total. The van der Waals surface area contributed by atoms with Gasteiger partial charge in [-0.15, -0.1) is 21.5 Å². The van der Waals surface area contributed by atoms with Crippen molar-refractivity contribution in [3.05, 3.63) is 53.1 Å². The lowest BCUT2D eigenvalue weighted by Gasteiger charge is -2.05. The molecule has 0 unspecified atom stereocenters. The highest BCUT2D eigenvalue weighted by Gasteiger charge is 2.24. The summed E-state index contributed by atoms with van der Waals surface area (Å²) in [5, 5.41) is 9.26. The van der Waals surface area contributed by atoms with Crippen molar-refractivity contribution in [2.75, 3.05) is 0 Å². The number of hydrogen-bond acceptors (Lipinski definition) is 8. The lowest BCUT2D eigenvalue weighted by atomic mass is 10.1. The van der Waals surface area contributed by atoms with Crippen molar-refractivity contribution < 1.29 is 13.3 Å². The van der Waals surface area contributed by atoms with Gasteiger partial charge in [-0.3, -0.25) is 0 Å². The van der Waals surface area contributed by atoms with Gasteiger partial charge in [-0.2, -0.15) is 0 Å². The van der Waals surface area contributed by atoms with Crippen molar-refractivity contribution in [3.8, 4) is 22.8 Å². The first kappa shape index (κ1) is 14.1. The molecule has 0 radical (unpaired) electrons. The summed E-state index contributed by atoms with van der Waals surface area (Å²) in [5.41, 5.74) is 1.31. The van der Waals surface area contributed by atoms with Crippen molar-refractivity contribution in [2.24, 2.45) is 0 Å². The van der Waals surface area contributed by atoms with E-state index in [1.807, 2.05) is 6.07 Å². The Bertz CT molecular complexity index is 1270. The summed E-state index contributed by atoms with van der Waals surface area (Å²) >= 11 is 1.20. The van der Waals surface area contributed by atoms with Crippen LogP contribution in [0.25, 0.3) is 43.2 Å². The van der Waals surface area contributed by atoms with E-state index < -0.39 is 5.63 Å². The zero-order valence-corrected chi connectivity index (χ0v) is 13.7. The van der Waals surface area contributed by atoms with Gasteiger partial charge in [-0.25, -0.2) is 9.78 Å². The van der Waals surface area contributed by atoms with Crippen LogP contribution in [0, 0.1) is 6.92 Å². The molecular weight excluding hydrogens is 342 g/mol. The Hall–Kier alpha value is -3.26. The van der Waals surface area contributed by atoms with Gasteiger partial charge in [0.05, 0.1) is 23.5 Å². The molecule has 5 aromatic rings. The molecule has 0 aliphatic carbocycles. The molecule has 0 saturated carbocycles. The summed E-state index contributed by atoms with van der Waals surface area (Å²) in [5.74, 6) is 1.44. The molecule has 8 heteroatoms. The highest BCUT2D eigenvalue weighted by molar-refractivity contribution is 7.25. The number of aromatic nitrogens is 3. The van der Waals surface area contributed by atoms with Gasteiger partial charge in [0, 0.05) is 6.92 Å². The summed E-state index contributed by atoms with van der Waals surface area (Å²) in [6.07, 6.45) is 3.14. The van der Waals surface area contributed by atoms with Gasteiger partial charge in [-0.05, 0) is 24.3 Å². The van der Waals surface area contributed by atoms with Crippen LogP contribution in [-0.2, 0) is 0 Å². The maximum atomic E-state index is 12.2. The van der Waals surface area contributed by atoms with Crippen LogP contribution in [0.4, 0.5) is 0 Å². The summed E-state index contributed by atoms with van der Waals surface area (Å²) in [6, 6.07) is 7.18.